The van der Waals surface area contributed by atoms with Gasteiger partial charge in [0, 0.05) is 18.2 Å². The monoisotopic (exact) mass is 279 g/mol. The summed E-state index contributed by atoms with van der Waals surface area (Å²) in [5.74, 6) is 3.96. The fourth-order valence-corrected chi connectivity index (χ4v) is 7.23. The van der Waals surface area contributed by atoms with E-state index in [-0.39, 0.29) is 0 Å². The van der Waals surface area contributed by atoms with Gasteiger partial charge in [0.05, 0.1) is 0 Å². The first kappa shape index (κ1) is 11.3. The first-order valence-electron chi connectivity index (χ1n) is 8.65. The van der Waals surface area contributed by atoms with Gasteiger partial charge in [-0.25, -0.2) is 0 Å². The molecule has 3 bridgehead atoms. The Bertz CT molecular complexity index is 667. The molecule has 4 fully saturated rings. The molecule has 0 N–H and O–H groups in total. The Hall–Kier alpha value is -1.31. The molecule has 2 nitrogen and oxygen atoms in total. The molecule has 4 aliphatic carbocycles. The standard InChI is InChI=1S/C19H21NO/c21-18-15-4-2-1-3-12(15)10-20(18)17-13-5-11-6-14-7-16(17)19(14,8-11)9-13/h1-4,11,13-14,16-17H,5-10H2. The van der Waals surface area contributed by atoms with Crippen LogP contribution in [0.25, 0.3) is 0 Å². The highest BCUT2D eigenvalue weighted by atomic mass is 16.2. The van der Waals surface area contributed by atoms with Crippen LogP contribution in [0.1, 0.15) is 48.0 Å². The molecule has 6 rings (SSSR count). The molecule has 2 heteroatoms. The Morgan fingerprint density at radius 1 is 1.10 bits per heavy atom. The van der Waals surface area contributed by atoms with Gasteiger partial charge in [-0.15, -0.1) is 0 Å². The molecule has 0 aromatic heterocycles. The molecule has 1 heterocycles. The minimum Gasteiger partial charge on any atom is -0.331 e. The number of benzene rings is 1. The minimum absolute atomic E-state index is 0.318. The molecule has 6 atom stereocenters. The van der Waals surface area contributed by atoms with Crippen molar-refractivity contribution in [2.75, 3.05) is 0 Å². The topological polar surface area (TPSA) is 20.3 Å². The van der Waals surface area contributed by atoms with Crippen molar-refractivity contribution in [1.29, 1.82) is 0 Å². The van der Waals surface area contributed by atoms with Crippen LogP contribution in [0.15, 0.2) is 24.3 Å². The maximum absolute atomic E-state index is 12.9. The van der Waals surface area contributed by atoms with Crippen LogP contribution in [0.3, 0.4) is 0 Å². The molecule has 1 aromatic carbocycles. The van der Waals surface area contributed by atoms with E-state index < -0.39 is 0 Å². The summed E-state index contributed by atoms with van der Waals surface area (Å²) in [5, 5.41) is 0. The minimum atomic E-state index is 0.318. The highest BCUT2D eigenvalue weighted by Gasteiger charge is 2.71. The van der Waals surface area contributed by atoms with Gasteiger partial charge in [-0.2, -0.15) is 0 Å². The molecule has 4 saturated carbocycles. The molecule has 108 valence electrons. The van der Waals surface area contributed by atoms with E-state index in [1.807, 2.05) is 12.1 Å². The van der Waals surface area contributed by atoms with E-state index in [4.69, 9.17) is 0 Å². The van der Waals surface area contributed by atoms with E-state index >= 15 is 0 Å². The Balaban J connectivity index is 1.40. The maximum Gasteiger partial charge on any atom is 0.254 e. The van der Waals surface area contributed by atoms with E-state index in [2.05, 4.69) is 17.0 Å². The summed E-state index contributed by atoms with van der Waals surface area (Å²) < 4.78 is 0. The van der Waals surface area contributed by atoms with Crippen LogP contribution in [0, 0.1) is 29.1 Å². The molecule has 0 saturated heterocycles. The summed E-state index contributed by atoms with van der Waals surface area (Å²) in [6.07, 6.45) is 7.25. The summed E-state index contributed by atoms with van der Waals surface area (Å²) in [7, 11) is 0. The van der Waals surface area contributed by atoms with Crippen molar-refractivity contribution >= 4 is 5.91 Å². The average Bonchev–Trinajstić information content (AvgIpc) is 2.97. The Morgan fingerprint density at radius 3 is 2.90 bits per heavy atom. The van der Waals surface area contributed by atoms with Crippen LogP contribution in [-0.4, -0.2) is 16.8 Å². The lowest BCUT2D eigenvalue weighted by molar-refractivity contribution is -0.0290. The molecule has 1 amide bonds. The van der Waals surface area contributed by atoms with Gasteiger partial charge >= 0.3 is 0 Å². The van der Waals surface area contributed by atoms with Crippen LogP contribution in [0.2, 0.25) is 0 Å². The van der Waals surface area contributed by atoms with Crippen molar-refractivity contribution in [3.8, 4) is 0 Å². The molecule has 0 radical (unpaired) electrons. The number of rotatable bonds is 1. The van der Waals surface area contributed by atoms with E-state index in [9.17, 15) is 4.79 Å². The molecular weight excluding hydrogens is 258 g/mol. The van der Waals surface area contributed by atoms with Crippen molar-refractivity contribution in [3.63, 3.8) is 0 Å². The summed E-state index contributed by atoms with van der Waals surface area (Å²) in [4.78, 5) is 15.1. The number of amides is 1. The molecule has 1 aliphatic heterocycles. The van der Waals surface area contributed by atoms with Crippen LogP contribution in [0.5, 0.6) is 0 Å². The maximum atomic E-state index is 12.9. The normalized spacial score (nSPS) is 48.5. The largest absolute Gasteiger partial charge is 0.331 e. The lowest BCUT2D eigenvalue weighted by atomic mass is 9.55. The summed E-state index contributed by atoms with van der Waals surface area (Å²) >= 11 is 0. The lowest BCUT2D eigenvalue weighted by Gasteiger charge is -2.51. The number of nitrogens with zero attached hydrogens (tertiary/aromatic N) is 1. The Labute approximate surface area is 125 Å². The third kappa shape index (κ3) is 1.14. The third-order valence-corrected chi connectivity index (χ3v) is 7.76. The van der Waals surface area contributed by atoms with Gasteiger partial charge < -0.3 is 4.90 Å². The quantitative estimate of drug-likeness (QED) is 0.771. The SMILES string of the molecule is O=C1c2ccccc2CN1C1C2CC3CC4CC1C4(C3)C2. The zero-order valence-corrected chi connectivity index (χ0v) is 12.3. The first-order chi connectivity index (χ1) is 10.3. The number of carbonyl (C=O) groups excluding carboxylic acids is 1. The van der Waals surface area contributed by atoms with Gasteiger partial charge in [-0.1, -0.05) is 18.2 Å². The van der Waals surface area contributed by atoms with Gasteiger partial charge in [0.15, 0.2) is 0 Å². The number of hydrogen-bond donors (Lipinski definition) is 0. The van der Waals surface area contributed by atoms with Gasteiger partial charge in [0.25, 0.3) is 5.91 Å². The number of carbonyl (C=O) groups is 1. The van der Waals surface area contributed by atoms with E-state index in [0.717, 1.165) is 35.8 Å². The summed E-state index contributed by atoms with van der Waals surface area (Å²) in [5.41, 5.74) is 2.90. The fourth-order valence-electron chi connectivity index (χ4n) is 7.23. The van der Waals surface area contributed by atoms with Crippen molar-refractivity contribution in [2.45, 2.75) is 44.7 Å². The molecule has 1 spiro atoms. The second-order valence-electron chi connectivity index (χ2n) is 8.36. The highest BCUT2D eigenvalue weighted by Crippen LogP contribution is 2.76. The van der Waals surface area contributed by atoms with Gasteiger partial charge in [0.2, 0.25) is 0 Å². The van der Waals surface area contributed by atoms with Crippen molar-refractivity contribution in [2.24, 2.45) is 29.1 Å². The smallest absolute Gasteiger partial charge is 0.254 e. The van der Waals surface area contributed by atoms with E-state index in [1.165, 1.54) is 37.7 Å². The first-order valence-corrected chi connectivity index (χ1v) is 8.65. The predicted octanol–water partition coefficient (Wildman–Crippen LogP) is 3.47. The van der Waals surface area contributed by atoms with Crippen molar-refractivity contribution in [3.05, 3.63) is 35.4 Å². The average molecular weight is 279 g/mol. The fraction of sp³-hybridized carbons (Fsp3) is 0.632. The predicted molar refractivity (Wildman–Crippen MR) is 79.6 cm³/mol. The van der Waals surface area contributed by atoms with Gasteiger partial charge in [-0.05, 0) is 72.8 Å². The Morgan fingerprint density at radius 2 is 2.00 bits per heavy atom. The van der Waals surface area contributed by atoms with Crippen molar-refractivity contribution < 1.29 is 4.79 Å². The van der Waals surface area contributed by atoms with Crippen LogP contribution in [0.4, 0.5) is 0 Å². The van der Waals surface area contributed by atoms with Gasteiger partial charge in [0.1, 0.15) is 0 Å². The molecule has 5 aliphatic rings. The van der Waals surface area contributed by atoms with Crippen LogP contribution < -0.4 is 0 Å². The molecular formula is C19H21NO. The molecule has 21 heavy (non-hydrogen) atoms. The van der Waals surface area contributed by atoms with Gasteiger partial charge in [-0.3, -0.25) is 4.79 Å². The zero-order valence-electron chi connectivity index (χ0n) is 12.3. The van der Waals surface area contributed by atoms with E-state index in [1.54, 1.807) is 0 Å². The van der Waals surface area contributed by atoms with E-state index in [0.29, 0.717) is 17.4 Å². The molecule has 1 aromatic rings. The number of hydrogen-bond acceptors (Lipinski definition) is 1. The van der Waals surface area contributed by atoms with Crippen molar-refractivity contribution in [1.82, 2.24) is 4.90 Å². The Kier molecular flexibility index (Phi) is 1.81. The van der Waals surface area contributed by atoms with Crippen LogP contribution in [-0.2, 0) is 6.54 Å². The summed E-state index contributed by atoms with van der Waals surface area (Å²) in [6, 6.07) is 8.80. The molecule has 6 unspecified atom stereocenters. The third-order valence-electron chi connectivity index (χ3n) is 7.76. The van der Waals surface area contributed by atoms with Crippen LogP contribution >= 0.6 is 0 Å². The zero-order chi connectivity index (χ0) is 13.8. The lowest BCUT2D eigenvalue weighted by Crippen LogP contribution is -2.51. The highest BCUT2D eigenvalue weighted by molar-refractivity contribution is 5.98. The second-order valence-corrected chi connectivity index (χ2v) is 8.36. The second kappa shape index (κ2) is 3.37. The summed E-state index contributed by atoms with van der Waals surface area (Å²) in [6.45, 7) is 0.873. The number of fused-ring (bicyclic) bond motifs is 3.